The maximum absolute atomic E-state index is 12.9. The van der Waals surface area contributed by atoms with Crippen molar-refractivity contribution in [3.05, 3.63) is 66.1 Å². The third-order valence-electron chi connectivity index (χ3n) is 4.60. The Morgan fingerprint density at radius 1 is 1.11 bits per heavy atom. The molecule has 1 N–H and O–H groups in total. The van der Waals surface area contributed by atoms with Crippen molar-refractivity contribution in [3.63, 3.8) is 0 Å². The number of nitrogens with one attached hydrogen (secondary N) is 1. The lowest BCUT2D eigenvalue weighted by Gasteiger charge is -2.08. The average molecular weight is 402 g/mol. The van der Waals surface area contributed by atoms with E-state index in [1.54, 1.807) is 0 Å². The van der Waals surface area contributed by atoms with Crippen molar-refractivity contribution in [1.82, 2.24) is 9.88 Å². The molecule has 0 fully saturated rings. The monoisotopic (exact) mass is 402 g/mol. The van der Waals surface area contributed by atoms with Crippen LogP contribution in [0.2, 0.25) is 0 Å². The molecule has 0 unspecified atom stereocenters. The molecule has 0 saturated carbocycles. The highest BCUT2D eigenvalue weighted by atomic mass is 32.2. The number of hydrogen-bond donors (Lipinski definition) is 1. The Morgan fingerprint density at radius 2 is 1.79 bits per heavy atom. The van der Waals surface area contributed by atoms with E-state index < -0.39 is 15.7 Å². The molecule has 7 heteroatoms. The second kappa shape index (κ2) is 8.14. The molecule has 1 heterocycles. The Hall–Kier alpha value is -2.67. The number of fused-ring (bicyclic) bond motifs is 1. The lowest BCUT2D eigenvalue weighted by molar-refractivity contribution is -0.120. The second-order valence-electron chi connectivity index (χ2n) is 6.97. The maximum Gasteiger partial charge on any atom is 0.224 e. The molecule has 0 spiro atoms. The quantitative estimate of drug-likeness (QED) is 0.615. The predicted octanol–water partition coefficient (Wildman–Crippen LogP) is 3.49. The molecule has 5 nitrogen and oxygen atoms in total. The number of benzene rings is 2. The minimum atomic E-state index is -3.57. The second-order valence-corrected chi connectivity index (χ2v) is 9.08. The summed E-state index contributed by atoms with van der Waals surface area (Å²) in [6.45, 7) is 4.16. The molecule has 3 aromatic rings. The largest absolute Gasteiger partial charge is 0.355 e. The summed E-state index contributed by atoms with van der Waals surface area (Å²) in [6, 6.07) is 12.8. The molecular formula is C21H23FN2O3S. The Morgan fingerprint density at radius 3 is 2.46 bits per heavy atom. The molecule has 3 rings (SSSR count). The van der Waals surface area contributed by atoms with Gasteiger partial charge in [0.1, 0.15) is 5.82 Å². The first-order valence-corrected chi connectivity index (χ1v) is 10.8. The zero-order chi connectivity index (χ0) is 20.3. The van der Waals surface area contributed by atoms with Crippen LogP contribution in [0.1, 0.15) is 25.5 Å². The van der Waals surface area contributed by atoms with E-state index in [9.17, 15) is 17.6 Å². The van der Waals surface area contributed by atoms with Gasteiger partial charge in [0, 0.05) is 29.7 Å². The Balaban J connectivity index is 1.64. The van der Waals surface area contributed by atoms with Gasteiger partial charge in [-0.1, -0.05) is 18.2 Å². The van der Waals surface area contributed by atoms with Gasteiger partial charge in [-0.2, -0.15) is 0 Å². The van der Waals surface area contributed by atoms with E-state index in [1.165, 1.54) is 12.1 Å². The van der Waals surface area contributed by atoms with Crippen LogP contribution in [-0.4, -0.2) is 31.2 Å². The van der Waals surface area contributed by atoms with Crippen LogP contribution in [0.15, 0.2) is 59.6 Å². The van der Waals surface area contributed by atoms with Crippen LogP contribution in [0.25, 0.3) is 10.9 Å². The third-order valence-corrected chi connectivity index (χ3v) is 6.33. The van der Waals surface area contributed by atoms with Gasteiger partial charge in [0.2, 0.25) is 5.91 Å². The summed E-state index contributed by atoms with van der Waals surface area (Å²) in [4.78, 5) is 12.4. The molecule has 28 heavy (non-hydrogen) atoms. The smallest absolute Gasteiger partial charge is 0.224 e. The van der Waals surface area contributed by atoms with Crippen LogP contribution in [0.3, 0.4) is 0 Å². The number of carbonyl (C=O) groups excluding carboxylic acids is 1. The lowest BCUT2D eigenvalue weighted by Crippen LogP contribution is -2.30. The summed E-state index contributed by atoms with van der Waals surface area (Å²) in [5.41, 5.74) is 1.97. The van der Waals surface area contributed by atoms with E-state index in [0.29, 0.717) is 0 Å². The van der Waals surface area contributed by atoms with Crippen LogP contribution in [-0.2, 0) is 21.1 Å². The molecule has 0 aliphatic heterocycles. The number of aromatic nitrogens is 1. The summed E-state index contributed by atoms with van der Waals surface area (Å²) in [5.74, 6) is -0.966. The highest BCUT2D eigenvalue weighted by Gasteiger charge is 2.16. The van der Waals surface area contributed by atoms with E-state index in [-0.39, 0.29) is 35.6 Å². The van der Waals surface area contributed by atoms with Crippen LogP contribution in [0.4, 0.5) is 4.39 Å². The van der Waals surface area contributed by atoms with Crippen molar-refractivity contribution < 1.29 is 17.6 Å². The zero-order valence-corrected chi connectivity index (χ0v) is 16.7. The first kappa shape index (κ1) is 20.1. The van der Waals surface area contributed by atoms with Crippen LogP contribution >= 0.6 is 0 Å². The van der Waals surface area contributed by atoms with E-state index in [2.05, 4.69) is 23.7 Å². The van der Waals surface area contributed by atoms with Crippen molar-refractivity contribution in [1.29, 1.82) is 0 Å². The van der Waals surface area contributed by atoms with Gasteiger partial charge in [0.25, 0.3) is 0 Å². The van der Waals surface area contributed by atoms with Crippen molar-refractivity contribution in [2.45, 2.75) is 31.2 Å². The number of rotatable bonds is 7. The topological polar surface area (TPSA) is 68.2 Å². The molecule has 1 amide bonds. The van der Waals surface area contributed by atoms with E-state index in [0.717, 1.165) is 28.6 Å². The molecule has 1 aromatic heterocycles. The SMILES string of the molecule is CC(C)n1cc(CC(=O)NCCS(=O)(=O)c2ccc(F)cc2)c2ccccc21. The minimum absolute atomic E-state index is 0.00135. The van der Waals surface area contributed by atoms with Gasteiger partial charge in [-0.3, -0.25) is 4.79 Å². The van der Waals surface area contributed by atoms with Crippen LogP contribution in [0.5, 0.6) is 0 Å². The molecule has 0 aliphatic carbocycles. The Labute approximate surface area is 164 Å². The molecule has 0 bridgehead atoms. The van der Waals surface area contributed by atoms with E-state index in [4.69, 9.17) is 0 Å². The van der Waals surface area contributed by atoms with Crippen molar-refractivity contribution >= 4 is 26.6 Å². The molecule has 2 aromatic carbocycles. The van der Waals surface area contributed by atoms with Gasteiger partial charge in [-0.15, -0.1) is 0 Å². The molecule has 0 saturated heterocycles. The molecule has 0 radical (unpaired) electrons. The summed E-state index contributed by atoms with van der Waals surface area (Å²) < 4.78 is 39.6. The van der Waals surface area contributed by atoms with Crippen molar-refractivity contribution in [3.8, 4) is 0 Å². The molecule has 0 atom stereocenters. The van der Waals surface area contributed by atoms with Crippen LogP contribution in [0, 0.1) is 5.82 Å². The molecule has 148 valence electrons. The number of sulfone groups is 1. The fourth-order valence-electron chi connectivity index (χ4n) is 3.17. The van der Waals surface area contributed by atoms with Gasteiger partial charge in [-0.25, -0.2) is 12.8 Å². The van der Waals surface area contributed by atoms with Crippen LogP contribution < -0.4 is 5.32 Å². The number of carbonyl (C=O) groups is 1. The number of para-hydroxylation sites is 1. The summed E-state index contributed by atoms with van der Waals surface area (Å²) in [7, 11) is -3.57. The maximum atomic E-state index is 12.9. The van der Waals surface area contributed by atoms with E-state index >= 15 is 0 Å². The van der Waals surface area contributed by atoms with Crippen molar-refractivity contribution in [2.75, 3.05) is 12.3 Å². The first-order chi connectivity index (χ1) is 13.3. The van der Waals surface area contributed by atoms with Gasteiger partial charge in [-0.05, 0) is 49.7 Å². The number of nitrogens with zero attached hydrogens (tertiary/aromatic N) is 1. The molecule has 0 aliphatic rings. The van der Waals surface area contributed by atoms with Gasteiger partial charge in [0.15, 0.2) is 9.84 Å². The predicted molar refractivity (Wildman–Crippen MR) is 107 cm³/mol. The van der Waals surface area contributed by atoms with Gasteiger partial charge >= 0.3 is 0 Å². The normalized spacial score (nSPS) is 11.9. The standard InChI is InChI=1S/C21H23FN2O3S/c1-15(2)24-14-16(19-5-3-4-6-20(19)24)13-21(25)23-11-12-28(26,27)18-9-7-17(22)8-10-18/h3-10,14-15H,11-13H2,1-2H3,(H,23,25). The Bertz CT molecular complexity index is 1090. The van der Waals surface area contributed by atoms with E-state index in [1.807, 2.05) is 30.5 Å². The number of halogens is 1. The number of amides is 1. The summed E-state index contributed by atoms with van der Waals surface area (Å²) in [6.07, 6.45) is 2.15. The average Bonchev–Trinajstić information content (AvgIpc) is 3.01. The number of hydrogen-bond acceptors (Lipinski definition) is 3. The summed E-state index contributed by atoms with van der Waals surface area (Å²) >= 11 is 0. The third kappa shape index (κ3) is 4.42. The van der Waals surface area contributed by atoms with Crippen molar-refractivity contribution in [2.24, 2.45) is 0 Å². The highest BCUT2D eigenvalue weighted by Crippen LogP contribution is 2.25. The lowest BCUT2D eigenvalue weighted by atomic mass is 10.1. The fourth-order valence-corrected chi connectivity index (χ4v) is 4.32. The Kier molecular flexibility index (Phi) is 5.84. The first-order valence-electron chi connectivity index (χ1n) is 9.11. The minimum Gasteiger partial charge on any atom is -0.355 e. The highest BCUT2D eigenvalue weighted by molar-refractivity contribution is 7.91. The zero-order valence-electron chi connectivity index (χ0n) is 15.9. The van der Waals surface area contributed by atoms with Gasteiger partial charge in [0.05, 0.1) is 17.1 Å². The van der Waals surface area contributed by atoms with Gasteiger partial charge < -0.3 is 9.88 Å². The summed E-state index contributed by atoms with van der Waals surface area (Å²) in [5, 5.41) is 3.69. The molecular weight excluding hydrogens is 379 g/mol. The fraction of sp³-hybridized carbons (Fsp3) is 0.286.